The first kappa shape index (κ1) is 13.5. The van der Waals surface area contributed by atoms with Crippen molar-refractivity contribution < 1.29 is 9.18 Å². The van der Waals surface area contributed by atoms with Crippen LogP contribution in [0, 0.1) is 12.7 Å². The average Bonchev–Trinajstić information content (AvgIpc) is 2.23. The Hall–Kier alpha value is -1.58. The molecule has 1 rings (SSSR count). The number of amides is 2. The van der Waals surface area contributed by atoms with Gasteiger partial charge >= 0.3 is 6.03 Å². The first-order valence-electron chi connectivity index (χ1n) is 5.86. The highest BCUT2D eigenvalue weighted by Crippen LogP contribution is 2.15. The number of hydrogen-bond donors (Lipinski definition) is 2. The molecule has 94 valence electrons. The SMILES string of the molecule is CCCC(C)NC(=O)Nc1cc(F)ccc1C. The van der Waals surface area contributed by atoms with E-state index >= 15 is 0 Å². The molecular weight excluding hydrogens is 219 g/mol. The molecule has 17 heavy (non-hydrogen) atoms. The number of carbonyl (C=O) groups excluding carboxylic acids is 1. The molecule has 0 heterocycles. The van der Waals surface area contributed by atoms with Gasteiger partial charge in [-0.3, -0.25) is 0 Å². The number of hydrogen-bond acceptors (Lipinski definition) is 1. The second kappa shape index (κ2) is 6.23. The molecule has 0 fully saturated rings. The molecule has 0 aliphatic heterocycles. The van der Waals surface area contributed by atoms with Crippen molar-refractivity contribution in [2.75, 3.05) is 5.32 Å². The smallest absolute Gasteiger partial charge is 0.319 e. The molecule has 0 aliphatic carbocycles. The predicted octanol–water partition coefficient (Wildman–Crippen LogP) is 3.44. The van der Waals surface area contributed by atoms with Gasteiger partial charge in [0.05, 0.1) is 0 Å². The fourth-order valence-corrected chi connectivity index (χ4v) is 1.62. The molecule has 1 aromatic carbocycles. The van der Waals surface area contributed by atoms with Gasteiger partial charge in [0.25, 0.3) is 0 Å². The van der Waals surface area contributed by atoms with Crippen molar-refractivity contribution in [3.8, 4) is 0 Å². The largest absolute Gasteiger partial charge is 0.335 e. The average molecular weight is 238 g/mol. The quantitative estimate of drug-likeness (QED) is 0.828. The van der Waals surface area contributed by atoms with E-state index in [0.717, 1.165) is 18.4 Å². The van der Waals surface area contributed by atoms with Crippen molar-refractivity contribution in [3.05, 3.63) is 29.6 Å². The Morgan fingerprint density at radius 2 is 2.18 bits per heavy atom. The Morgan fingerprint density at radius 1 is 1.47 bits per heavy atom. The van der Waals surface area contributed by atoms with Crippen LogP contribution in [0.2, 0.25) is 0 Å². The van der Waals surface area contributed by atoms with Crippen molar-refractivity contribution in [2.45, 2.75) is 39.7 Å². The fourth-order valence-electron chi connectivity index (χ4n) is 1.62. The molecule has 1 atom stereocenters. The lowest BCUT2D eigenvalue weighted by molar-refractivity contribution is 0.248. The van der Waals surface area contributed by atoms with Gasteiger partial charge in [-0.2, -0.15) is 0 Å². The maximum atomic E-state index is 13.0. The van der Waals surface area contributed by atoms with Gasteiger partial charge in [-0.1, -0.05) is 19.4 Å². The lowest BCUT2D eigenvalue weighted by Crippen LogP contribution is -2.36. The zero-order valence-electron chi connectivity index (χ0n) is 10.5. The summed E-state index contributed by atoms with van der Waals surface area (Å²) >= 11 is 0. The van der Waals surface area contributed by atoms with E-state index in [1.165, 1.54) is 12.1 Å². The van der Waals surface area contributed by atoms with Crippen LogP contribution in [0.25, 0.3) is 0 Å². The third kappa shape index (κ3) is 4.43. The number of nitrogens with one attached hydrogen (secondary N) is 2. The number of aryl methyl sites for hydroxylation is 1. The molecule has 1 unspecified atom stereocenters. The Balaban J connectivity index is 2.58. The molecule has 1 aromatic rings. The number of halogens is 1. The van der Waals surface area contributed by atoms with E-state index in [9.17, 15) is 9.18 Å². The lowest BCUT2D eigenvalue weighted by Gasteiger charge is -2.14. The number of urea groups is 1. The minimum atomic E-state index is -0.354. The van der Waals surface area contributed by atoms with Crippen molar-refractivity contribution in [3.63, 3.8) is 0 Å². The van der Waals surface area contributed by atoms with Gasteiger partial charge < -0.3 is 10.6 Å². The molecule has 2 amide bonds. The topological polar surface area (TPSA) is 41.1 Å². The van der Waals surface area contributed by atoms with E-state index in [4.69, 9.17) is 0 Å². The fraction of sp³-hybridized carbons (Fsp3) is 0.462. The summed E-state index contributed by atoms with van der Waals surface area (Å²) < 4.78 is 13.0. The first-order chi connectivity index (χ1) is 8.02. The summed E-state index contributed by atoms with van der Waals surface area (Å²) in [5, 5.41) is 5.45. The van der Waals surface area contributed by atoms with Gasteiger partial charge in [0.2, 0.25) is 0 Å². The van der Waals surface area contributed by atoms with Crippen LogP contribution >= 0.6 is 0 Å². The van der Waals surface area contributed by atoms with Gasteiger partial charge in [0.1, 0.15) is 5.82 Å². The summed E-state index contributed by atoms with van der Waals surface area (Å²) in [4.78, 5) is 11.6. The van der Waals surface area contributed by atoms with Gasteiger partial charge in [0, 0.05) is 11.7 Å². The minimum Gasteiger partial charge on any atom is -0.335 e. The van der Waals surface area contributed by atoms with E-state index in [-0.39, 0.29) is 17.9 Å². The van der Waals surface area contributed by atoms with Crippen LogP contribution < -0.4 is 10.6 Å². The summed E-state index contributed by atoms with van der Waals surface area (Å²) in [5.74, 6) is -0.354. The molecule has 0 saturated carbocycles. The maximum Gasteiger partial charge on any atom is 0.319 e. The molecule has 4 heteroatoms. The first-order valence-corrected chi connectivity index (χ1v) is 5.86. The summed E-state index contributed by atoms with van der Waals surface area (Å²) in [6.45, 7) is 5.83. The van der Waals surface area contributed by atoms with Gasteiger partial charge in [0.15, 0.2) is 0 Å². The monoisotopic (exact) mass is 238 g/mol. The summed E-state index contributed by atoms with van der Waals surface area (Å²) in [6.07, 6.45) is 1.94. The normalized spacial score (nSPS) is 12.0. The summed E-state index contributed by atoms with van der Waals surface area (Å²) in [7, 11) is 0. The third-order valence-electron chi connectivity index (χ3n) is 2.55. The predicted molar refractivity (Wildman–Crippen MR) is 67.7 cm³/mol. The molecule has 0 spiro atoms. The van der Waals surface area contributed by atoms with Crippen molar-refractivity contribution in [1.82, 2.24) is 5.32 Å². The van der Waals surface area contributed by atoms with Crippen LogP contribution in [0.5, 0.6) is 0 Å². The van der Waals surface area contributed by atoms with E-state index in [1.807, 2.05) is 13.8 Å². The van der Waals surface area contributed by atoms with Crippen LogP contribution in [-0.4, -0.2) is 12.1 Å². The number of anilines is 1. The second-order valence-corrected chi connectivity index (χ2v) is 4.25. The maximum absolute atomic E-state index is 13.0. The number of benzene rings is 1. The Morgan fingerprint density at radius 3 is 2.82 bits per heavy atom. The molecule has 3 nitrogen and oxygen atoms in total. The third-order valence-corrected chi connectivity index (χ3v) is 2.55. The highest BCUT2D eigenvalue weighted by molar-refractivity contribution is 5.90. The van der Waals surface area contributed by atoms with Crippen LogP contribution in [0.4, 0.5) is 14.9 Å². The zero-order valence-corrected chi connectivity index (χ0v) is 10.5. The Kier molecular flexibility index (Phi) is 4.94. The highest BCUT2D eigenvalue weighted by Gasteiger charge is 2.08. The van der Waals surface area contributed by atoms with E-state index in [0.29, 0.717) is 5.69 Å². The van der Waals surface area contributed by atoms with Crippen molar-refractivity contribution in [1.29, 1.82) is 0 Å². The summed E-state index contributed by atoms with van der Waals surface area (Å²) in [5.41, 5.74) is 1.34. The molecule has 2 N–H and O–H groups in total. The van der Waals surface area contributed by atoms with Crippen LogP contribution in [-0.2, 0) is 0 Å². The van der Waals surface area contributed by atoms with Gasteiger partial charge in [-0.15, -0.1) is 0 Å². The number of carbonyl (C=O) groups is 1. The molecule has 0 bridgehead atoms. The standard InChI is InChI=1S/C13H19FN2O/c1-4-5-10(3)15-13(17)16-12-8-11(14)7-6-9(12)2/h6-8,10H,4-5H2,1-3H3,(H2,15,16,17). The molecule has 0 aliphatic rings. The van der Waals surface area contributed by atoms with Crippen molar-refractivity contribution in [2.24, 2.45) is 0 Å². The molecular formula is C13H19FN2O. The Bertz CT molecular complexity index is 393. The van der Waals surface area contributed by atoms with Crippen LogP contribution in [0.1, 0.15) is 32.3 Å². The van der Waals surface area contributed by atoms with E-state index < -0.39 is 0 Å². The van der Waals surface area contributed by atoms with E-state index in [1.54, 1.807) is 6.07 Å². The molecule has 0 aromatic heterocycles. The zero-order chi connectivity index (χ0) is 12.8. The number of rotatable bonds is 4. The highest BCUT2D eigenvalue weighted by atomic mass is 19.1. The van der Waals surface area contributed by atoms with Gasteiger partial charge in [-0.25, -0.2) is 9.18 Å². The molecule has 0 radical (unpaired) electrons. The van der Waals surface area contributed by atoms with E-state index in [2.05, 4.69) is 17.6 Å². The summed E-state index contributed by atoms with van der Waals surface area (Å²) in [6, 6.07) is 4.16. The van der Waals surface area contributed by atoms with Gasteiger partial charge in [-0.05, 0) is 38.0 Å². The Labute approximate surface area is 101 Å². The lowest BCUT2D eigenvalue weighted by atomic mass is 10.2. The molecule has 0 saturated heterocycles. The minimum absolute atomic E-state index is 0.119. The van der Waals surface area contributed by atoms with Crippen LogP contribution in [0.3, 0.4) is 0 Å². The van der Waals surface area contributed by atoms with Crippen molar-refractivity contribution >= 4 is 11.7 Å². The van der Waals surface area contributed by atoms with Crippen LogP contribution in [0.15, 0.2) is 18.2 Å². The second-order valence-electron chi connectivity index (χ2n) is 4.25.